The molecule has 7 nitrogen and oxygen atoms in total. The van der Waals surface area contributed by atoms with Crippen LogP contribution in [-0.2, 0) is 11.3 Å². The van der Waals surface area contributed by atoms with Gasteiger partial charge in [-0.3, -0.25) is 5.32 Å². The van der Waals surface area contributed by atoms with E-state index in [1.54, 1.807) is 6.08 Å². The maximum Gasteiger partial charge on any atom is 0.413 e. The third-order valence-corrected chi connectivity index (χ3v) is 6.89. The van der Waals surface area contributed by atoms with E-state index in [-0.39, 0.29) is 6.10 Å². The topological polar surface area (TPSA) is 75.2 Å². The molecule has 2 aliphatic rings. The van der Waals surface area contributed by atoms with Crippen LogP contribution in [0.3, 0.4) is 0 Å². The van der Waals surface area contributed by atoms with Crippen molar-refractivity contribution in [2.24, 2.45) is 16.9 Å². The molecule has 8 heteroatoms. The van der Waals surface area contributed by atoms with Gasteiger partial charge < -0.3 is 19.8 Å². The minimum absolute atomic E-state index is 0.0328. The summed E-state index contributed by atoms with van der Waals surface area (Å²) in [6, 6.07) is 5.54. The third-order valence-electron chi connectivity index (χ3n) is 6.65. The molecule has 1 saturated heterocycles. The van der Waals surface area contributed by atoms with Gasteiger partial charge in [0, 0.05) is 17.1 Å². The zero-order chi connectivity index (χ0) is 25.8. The van der Waals surface area contributed by atoms with Crippen molar-refractivity contribution < 1.29 is 14.3 Å². The summed E-state index contributed by atoms with van der Waals surface area (Å²) >= 11 is 6.18. The van der Waals surface area contributed by atoms with Crippen molar-refractivity contribution in [1.82, 2.24) is 15.6 Å². The van der Waals surface area contributed by atoms with E-state index in [2.05, 4.69) is 34.6 Å². The highest BCUT2D eigenvalue weighted by molar-refractivity contribution is 6.30. The van der Waals surface area contributed by atoms with Crippen LogP contribution in [0.5, 0.6) is 5.75 Å². The van der Waals surface area contributed by atoms with Gasteiger partial charge in [-0.1, -0.05) is 37.9 Å². The van der Waals surface area contributed by atoms with Gasteiger partial charge in [-0.25, -0.2) is 4.79 Å². The van der Waals surface area contributed by atoms with Gasteiger partial charge in [-0.15, -0.1) is 0 Å². The number of carbonyl (C=O) groups is 1. The van der Waals surface area contributed by atoms with Gasteiger partial charge in [0.15, 0.2) is 5.84 Å². The number of alkyl carbamates (subject to hydrolysis) is 1. The lowest BCUT2D eigenvalue weighted by atomic mass is 9.86. The maximum atomic E-state index is 12.6. The molecule has 1 aliphatic heterocycles. The first-order valence-electron chi connectivity index (χ1n) is 13.5. The molecule has 1 amide bonds. The number of rotatable bonds is 10. The van der Waals surface area contributed by atoms with Crippen molar-refractivity contribution in [2.45, 2.75) is 78.4 Å². The first-order chi connectivity index (χ1) is 17.4. The van der Waals surface area contributed by atoms with Crippen LogP contribution in [0.25, 0.3) is 0 Å². The molecule has 3 rings (SSSR count). The highest BCUT2D eigenvalue weighted by Crippen LogP contribution is 2.28. The van der Waals surface area contributed by atoms with Crippen LogP contribution < -0.4 is 15.5 Å². The molecule has 1 aliphatic carbocycles. The van der Waals surface area contributed by atoms with Crippen molar-refractivity contribution in [3.8, 4) is 5.75 Å². The first kappa shape index (κ1) is 28.3. The van der Waals surface area contributed by atoms with E-state index in [0.717, 1.165) is 42.9 Å². The smallest absolute Gasteiger partial charge is 0.413 e. The van der Waals surface area contributed by atoms with Gasteiger partial charge in [0.05, 0.1) is 13.2 Å². The van der Waals surface area contributed by atoms with Crippen molar-refractivity contribution in [2.75, 3.05) is 26.2 Å². The number of hydrogen-bond acceptors (Lipinski definition) is 6. The number of amides is 1. The Morgan fingerprint density at radius 2 is 1.94 bits per heavy atom. The first-order valence-corrected chi connectivity index (χ1v) is 13.8. The monoisotopic (exact) mass is 518 g/mol. The zero-order valence-electron chi connectivity index (χ0n) is 22.1. The molecule has 0 spiro atoms. The summed E-state index contributed by atoms with van der Waals surface area (Å²) < 4.78 is 11.6. The van der Waals surface area contributed by atoms with Crippen LogP contribution in [0.15, 0.2) is 35.5 Å². The summed E-state index contributed by atoms with van der Waals surface area (Å²) in [5.74, 6) is 2.30. The molecule has 0 aromatic heterocycles. The van der Waals surface area contributed by atoms with Gasteiger partial charge in [0.25, 0.3) is 0 Å². The summed E-state index contributed by atoms with van der Waals surface area (Å²) in [6.45, 7) is 10.8. The number of ether oxygens (including phenoxy) is 2. The second-order valence-corrected chi connectivity index (χ2v) is 10.8. The zero-order valence-corrected chi connectivity index (χ0v) is 22.9. The molecule has 0 bridgehead atoms. The summed E-state index contributed by atoms with van der Waals surface area (Å²) in [5.41, 5.74) is 3.92. The van der Waals surface area contributed by atoms with E-state index in [1.807, 2.05) is 31.2 Å². The second kappa shape index (κ2) is 15.1. The van der Waals surface area contributed by atoms with Crippen LogP contribution in [0, 0.1) is 11.8 Å². The lowest BCUT2D eigenvalue weighted by Crippen LogP contribution is -2.38. The number of allylic oxidation sites excluding steroid dienone is 1. The van der Waals surface area contributed by atoms with Crippen LogP contribution in [0.2, 0.25) is 5.02 Å². The Morgan fingerprint density at radius 3 is 2.64 bits per heavy atom. The minimum Gasteiger partial charge on any atom is -0.493 e. The molecule has 2 fully saturated rings. The fraction of sp³-hybridized carbons (Fsp3) is 0.643. The fourth-order valence-electron chi connectivity index (χ4n) is 4.78. The summed E-state index contributed by atoms with van der Waals surface area (Å²) in [4.78, 5) is 15.2. The van der Waals surface area contributed by atoms with Crippen LogP contribution in [0.1, 0.15) is 71.3 Å². The number of hydrazone groups is 1. The van der Waals surface area contributed by atoms with Gasteiger partial charge >= 0.3 is 6.09 Å². The Hall–Kier alpha value is -2.25. The van der Waals surface area contributed by atoms with E-state index in [9.17, 15) is 4.79 Å². The number of carbonyl (C=O) groups excluding carboxylic acids is 1. The highest BCUT2D eigenvalue weighted by Gasteiger charge is 2.26. The molecule has 0 unspecified atom stereocenters. The molecule has 36 heavy (non-hydrogen) atoms. The molecule has 200 valence electrons. The van der Waals surface area contributed by atoms with Gasteiger partial charge in [-0.05, 0) is 94.6 Å². The van der Waals surface area contributed by atoms with E-state index in [4.69, 9.17) is 21.1 Å². The molecule has 1 aromatic carbocycles. The number of hydrogen-bond donors (Lipinski definition) is 2. The van der Waals surface area contributed by atoms with Crippen LogP contribution in [-0.4, -0.2) is 49.2 Å². The standard InChI is InChI=1S/C28H43ClN4O3/c1-4-8-27(32-30-18-23-17-24(29)11-14-26(23)35-20-21(2)3)31-28(34)36-25-12-9-22(10-13-25)19-33-15-6-5-7-16-33/h4,8,11,14,17,21-22,25,30H,5-7,9-10,12-13,15-16,18-20H2,1-3H3,(H,31,32,34)/b8-4+. The summed E-state index contributed by atoms with van der Waals surface area (Å²) in [5, 5.41) is 7.75. The molecule has 0 atom stereocenters. The SMILES string of the molecule is C/C=C/C(=N\NCc1cc(Cl)ccc1OCC(C)C)NC(=O)OC1CCC(CN2CCCCC2)CC1. The van der Waals surface area contributed by atoms with Gasteiger partial charge in [-0.2, -0.15) is 5.10 Å². The third kappa shape index (κ3) is 10.0. The number of piperidine rings is 1. The van der Waals surface area contributed by atoms with Crippen LogP contribution in [0.4, 0.5) is 4.79 Å². The average molecular weight is 519 g/mol. The molecule has 0 radical (unpaired) electrons. The Morgan fingerprint density at radius 1 is 1.19 bits per heavy atom. The molecular weight excluding hydrogens is 476 g/mol. The van der Waals surface area contributed by atoms with Gasteiger partial charge in [0.2, 0.25) is 0 Å². The predicted molar refractivity (Wildman–Crippen MR) is 147 cm³/mol. The number of likely N-dealkylation sites (tertiary alicyclic amines) is 1. The largest absolute Gasteiger partial charge is 0.493 e. The number of nitrogens with zero attached hydrogens (tertiary/aromatic N) is 2. The fourth-order valence-corrected chi connectivity index (χ4v) is 4.98. The van der Waals surface area contributed by atoms with E-state index >= 15 is 0 Å². The van der Waals surface area contributed by atoms with Crippen molar-refractivity contribution in [1.29, 1.82) is 0 Å². The summed E-state index contributed by atoms with van der Waals surface area (Å²) in [6.07, 6.45) is 11.2. The van der Waals surface area contributed by atoms with Gasteiger partial charge in [0.1, 0.15) is 11.9 Å². The van der Waals surface area contributed by atoms with Crippen molar-refractivity contribution in [3.63, 3.8) is 0 Å². The van der Waals surface area contributed by atoms with Crippen LogP contribution >= 0.6 is 11.6 Å². The second-order valence-electron chi connectivity index (χ2n) is 10.3. The predicted octanol–water partition coefficient (Wildman–Crippen LogP) is 6.12. The molecule has 1 saturated carbocycles. The number of halogens is 1. The quantitative estimate of drug-likeness (QED) is 0.221. The average Bonchev–Trinajstić information content (AvgIpc) is 2.85. The Labute approximate surface area is 221 Å². The lowest BCUT2D eigenvalue weighted by molar-refractivity contribution is 0.0595. The minimum atomic E-state index is -0.461. The Balaban J connectivity index is 1.45. The van der Waals surface area contributed by atoms with Crippen molar-refractivity contribution >= 4 is 23.5 Å². The number of benzene rings is 1. The van der Waals surface area contributed by atoms with E-state index < -0.39 is 6.09 Å². The Kier molecular flexibility index (Phi) is 11.9. The Bertz CT molecular complexity index is 876. The lowest BCUT2D eigenvalue weighted by Gasteiger charge is -2.34. The number of amidine groups is 1. The molecule has 1 heterocycles. The maximum absolute atomic E-state index is 12.6. The number of nitrogens with one attached hydrogen (secondary N) is 2. The summed E-state index contributed by atoms with van der Waals surface area (Å²) in [7, 11) is 0. The van der Waals surface area contributed by atoms with E-state index in [1.165, 1.54) is 38.9 Å². The van der Waals surface area contributed by atoms with E-state index in [0.29, 0.717) is 29.9 Å². The normalized spacial score (nSPS) is 21.5. The molecule has 1 aromatic rings. The molecular formula is C28H43ClN4O3. The van der Waals surface area contributed by atoms with Crippen molar-refractivity contribution in [3.05, 3.63) is 40.9 Å². The molecule has 2 N–H and O–H groups in total. The highest BCUT2D eigenvalue weighted by atomic mass is 35.5.